The summed E-state index contributed by atoms with van der Waals surface area (Å²) in [6.07, 6.45) is 0.587. The Morgan fingerprint density at radius 3 is 2.65 bits per heavy atom. The summed E-state index contributed by atoms with van der Waals surface area (Å²) < 4.78 is 14.0. The van der Waals surface area contributed by atoms with Gasteiger partial charge in [0.25, 0.3) is 0 Å². The first-order valence-electron chi connectivity index (χ1n) is 6.84. The van der Waals surface area contributed by atoms with E-state index in [4.69, 9.17) is 11.6 Å². The lowest BCUT2D eigenvalue weighted by molar-refractivity contribution is 0.528. The van der Waals surface area contributed by atoms with Gasteiger partial charge in [0, 0.05) is 6.04 Å². The molecule has 0 heterocycles. The number of hydrogen-bond donors (Lipinski definition) is 1. The SMILES string of the molecule is CCNC(Cc1cccc(Cl)c1F)c1cccc(C)c1. The van der Waals surface area contributed by atoms with Gasteiger partial charge in [0.05, 0.1) is 5.02 Å². The lowest BCUT2D eigenvalue weighted by Gasteiger charge is -2.19. The molecule has 1 nitrogen and oxygen atoms in total. The molecule has 2 rings (SSSR count). The molecule has 0 saturated carbocycles. The monoisotopic (exact) mass is 291 g/mol. The highest BCUT2D eigenvalue weighted by Gasteiger charge is 2.15. The largest absolute Gasteiger partial charge is 0.310 e. The van der Waals surface area contributed by atoms with Crippen LogP contribution in [0.25, 0.3) is 0 Å². The van der Waals surface area contributed by atoms with Gasteiger partial charge in [-0.2, -0.15) is 0 Å². The van der Waals surface area contributed by atoms with E-state index in [1.165, 1.54) is 11.1 Å². The van der Waals surface area contributed by atoms with Crippen molar-refractivity contribution in [2.75, 3.05) is 6.54 Å². The number of halogens is 2. The number of nitrogens with one attached hydrogen (secondary N) is 1. The smallest absolute Gasteiger partial charge is 0.145 e. The predicted octanol–water partition coefficient (Wildman–Crippen LogP) is 4.68. The third-order valence-electron chi connectivity index (χ3n) is 3.35. The zero-order valence-electron chi connectivity index (χ0n) is 11.8. The van der Waals surface area contributed by atoms with Gasteiger partial charge in [-0.1, -0.05) is 60.5 Å². The van der Waals surface area contributed by atoms with E-state index in [9.17, 15) is 4.39 Å². The van der Waals surface area contributed by atoms with E-state index < -0.39 is 0 Å². The maximum Gasteiger partial charge on any atom is 0.145 e. The van der Waals surface area contributed by atoms with E-state index in [-0.39, 0.29) is 16.9 Å². The Bertz CT molecular complexity index is 583. The minimum atomic E-state index is -0.315. The molecule has 0 aliphatic carbocycles. The third-order valence-corrected chi connectivity index (χ3v) is 3.64. The van der Waals surface area contributed by atoms with Crippen LogP contribution < -0.4 is 5.32 Å². The lowest BCUT2D eigenvalue weighted by Crippen LogP contribution is -2.23. The van der Waals surface area contributed by atoms with Crippen molar-refractivity contribution in [2.45, 2.75) is 26.3 Å². The predicted molar refractivity (Wildman–Crippen MR) is 82.7 cm³/mol. The summed E-state index contributed by atoms with van der Waals surface area (Å²) in [5, 5.41) is 3.59. The number of hydrogen-bond acceptors (Lipinski definition) is 1. The molecule has 3 heteroatoms. The molecule has 0 saturated heterocycles. The second-order valence-electron chi connectivity index (χ2n) is 4.94. The standard InChI is InChI=1S/C17H19ClFN/c1-3-20-16(13-7-4-6-12(2)10-13)11-14-8-5-9-15(18)17(14)19/h4-10,16,20H,3,11H2,1-2H3. The molecule has 0 fully saturated rings. The normalized spacial score (nSPS) is 12.4. The van der Waals surface area contributed by atoms with Gasteiger partial charge >= 0.3 is 0 Å². The van der Waals surface area contributed by atoms with Crippen LogP contribution in [0.1, 0.15) is 29.7 Å². The van der Waals surface area contributed by atoms with Crippen LogP contribution in [0, 0.1) is 12.7 Å². The Labute approximate surface area is 124 Å². The van der Waals surface area contributed by atoms with Crippen molar-refractivity contribution in [1.82, 2.24) is 5.32 Å². The van der Waals surface area contributed by atoms with Gasteiger partial charge in [-0.3, -0.25) is 0 Å². The maximum absolute atomic E-state index is 14.0. The first-order chi connectivity index (χ1) is 9.61. The molecular formula is C17H19ClFN. The molecule has 20 heavy (non-hydrogen) atoms. The first-order valence-corrected chi connectivity index (χ1v) is 7.22. The van der Waals surface area contributed by atoms with Crippen LogP contribution in [-0.2, 0) is 6.42 Å². The molecule has 0 bridgehead atoms. The molecular weight excluding hydrogens is 273 g/mol. The molecule has 0 spiro atoms. The fourth-order valence-corrected chi connectivity index (χ4v) is 2.56. The van der Waals surface area contributed by atoms with Crippen molar-refractivity contribution in [1.29, 1.82) is 0 Å². The summed E-state index contributed by atoms with van der Waals surface area (Å²) in [5.41, 5.74) is 3.02. The van der Waals surface area contributed by atoms with E-state index in [2.05, 4.69) is 37.4 Å². The molecule has 0 radical (unpaired) electrons. The van der Waals surface area contributed by atoms with Gasteiger partial charge in [0.15, 0.2) is 0 Å². The molecule has 2 aromatic carbocycles. The van der Waals surface area contributed by atoms with Crippen molar-refractivity contribution < 1.29 is 4.39 Å². The molecule has 0 aromatic heterocycles. The number of likely N-dealkylation sites (N-methyl/N-ethyl adjacent to an activating group) is 1. The molecule has 106 valence electrons. The Balaban J connectivity index is 2.28. The number of rotatable bonds is 5. The number of benzene rings is 2. The lowest BCUT2D eigenvalue weighted by atomic mass is 9.97. The Morgan fingerprint density at radius 2 is 1.95 bits per heavy atom. The second-order valence-corrected chi connectivity index (χ2v) is 5.35. The van der Waals surface area contributed by atoms with E-state index in [1.54, 1.807) is 18.2 Å². The molecule has 2 aromatic rings. The van der Waals surface area contributed by atoms with Crippen LogP contribution in [0.5, 0.6) is 0 Å². The van der Waals surface area contributed by atoms with Crippen molar-refractivity contribution in [3.63, 3.8) is 0 Å². The van der Waals surface area contributed by atoms with Crippen molar-refractivity contribution >= 4 is 11.6 Å². The zero-order valence-corrected chi connectivity index (χ0v) is 12.5. The highest BCUT2D eigenvalue weighted by Crippen LogP contribution is 2.24. The van der Waals surface area contributed by atoms with Crippen molar-refractivity contribution in [3.05, 3.63) is 70.0 Å². The average Bonchev–Trinajstić information content (AvgIpc) is 2.43. The summed E-state index contributed by atoms with van der Waals surface area (Å²) in [6, 6.07) is 13.6. The van der Waals surface area contributed by atoms with Gasteiger partial charge in [-0.15, -0.1) is 0 Å². The van der Waals surface area contributed by atoms with Gasteiger partial charge in [-0.25, -0.2) is 4.39 Å². The van der Waals surface area contributed by atoms with Crippen molar-refractivity contribution in [3.8, 4) is 0 Å². The van der Waals surface area contributed by atoms with Crippen LogP contribution in [0.2, 0.25) is 5.02 Å². The fourth-order valence-electron chi connectivity index (χ4n) is 2.37. The molecule has 0 aliphatic heterocycles. The van der Waals surface area contributed by atoms with E-state index in [0.717, 1.165) is 6.54 Å². The zero-order chi connectivity index (χ0) is 14.5. The topological polar surface area (TPSA) is 12.0 Å². The van der Waals surface area contributed by atoms with Crippen LogP contribution in [0.4, 0.5) is 4.39 Å². The Kier molecular flexibility index (Phi) is 5.16. The number of aryl methyl sites for hydroxylation is 1. The van der Waals surface area contributed by atoms with Gasteiger partial charge in [0.1, 0.15) is 5.82 Å². The first kappa shape index (κ1) is 15.0. The van der Waals surface area contributed by atoms with Gasteiger partial charge in [0.2, 0.25) is 0 Å². The highest BCUT2D eigenvalue weighted by atomic mass is 35.5. The Hall–Kier alpha value is -1.38. The third kappa shape index (κ3) is 3.59. The minimum absolute atomic E-state index is 0.0906. The molecule has 0 amide bonds. The summed E-state index contributed by atoms with van der Waals surface area (Å²) >= 11 is 5.85. The van der Waals surface area contributed by atoms with E-state index in [1.807, 2.05) is 6.07 Å². The van der Waals surface area contributed by atoms with Crippen LogP contribution in [0.3, 0.4) is 0 Å². The van der Waals surface area contributed by atoms with Crippen LogP contribution in [0.15, 0.2) is 42.5 Å². The molecule has 1 unspecified atom stereocenters. The average molecular weight is 292 g/mol. The van der Waals surface area contributed by atoms with Crippen LogP contribution in [-0.4, -0.2) is 6.54 Å². The van der Waals surface area contributed by atoms with E-state index >= 15 is 0 Å². The Morgan fingerprint density at radius 1 is 1.20 bits per heavy atom. The molecule has 0 aliphatic rings. The fraction of sp³-hybridized carbons (Fsp3) is 0.294. The van der Waals surface area contributed by atoms with Gasteiger partial charge < -0.3 is 5.32 Å². The second kappa shape index (κ2) is 6.87. The van der Waals surface area contributed by atoms with E-state index in [0.29, 0.717) is 12.0 Å². The minimum Gasteiger partial charge on any atom is -0.310 e. The summed E-state index contributed by atoms with van der Waals surface area (Å²) in [5.74, 6) is -0.315. The summed E-state index contributed by atoms with van der Waals surface area (Å²) in [6.45, 7) is 4.95. The maximum atomic E-state index is 14.0. The summed E-state index contributed by atoms with van der Waals surface area (Å²) in [4.78, 5) is 0. The quantitative estimate of drug-likeness (QED) is 0.843. The van der Waals surface area contributed by atoms with Crippen molar-refractivity contribution in [2.24, 2.45) is 0 Å². The molecule has 1 N–H and O–H groups in total. The molecule has 1 atom stereocenters. The van der Waals surface area contributed by atoms with Crippen LogP contribution >= 0.6 is 11.6 Å². The summed E-state index contributed by atoms with van der Waals surface area (Å²) in [7, 11) is 0. The highest BCUT2D eigenvalue weighted by molar-refractivity contribution is 6.30. The van der Waals surface area contributed by atoms with Gasteiger partial charge in [-0.05, 0) is 37.1 Å².